The van der Waals surface area contributed by atoms with Gasteiger partial charge in [0.05, 0.1) is 11.1 Å². The average molecular weight is 440 g/mol. The topological polar surface area (TPSA) is 52.7 Å². The second kappa shape index (κ2) is 10.6. The van der Waals surface area contributed by atoms with Gasteiger partial charge in [0.2, 0.25) is 0 Å². The van der Waals surface area contributed by atoms with Gasteiger partial charge >= 0.3 is 0 Å². The van der Waals surface area contributed by atoms with Crippen LogP contribution in [0, 0.1) is 0 Å². The predicted molar refractivity (Wildman–Crippen MR) is 123 cm³/mol. The minimum absolute atomic E-state index is 0.225. The molecule has 0 aliphatic carbocycles. The molecule has 2 heterocycles. The third-order valence-electron chi connectivity index (χ3n) is 6.10. The summed E-state index contributed by atoms with van der Waals surface area (Å²) in [5.74, 6) is 1.30. The first-order chi connectivity index (χ1) is 13.9. The van der Waals surface area contributed by atoms with Crippen LogP contribution in [0.3, 0.4) is 0 Å². The molecule has 2 aliphatic rings. The molecule has 2 aliphatic heterocycles. The van der Waals surface area contributed by atoms with E-state index in [-0.39, 0.29) is 6.04 Å². The van der Waals surface area contributed by atoms with Gasteiger partial charge < -0.3 is 0 Å². The van der Waals surface area contributed by atoms with Crippen molar-refractivity contribution < 1.29 is 8.42 Å². The number of piperazine rings is 1. The molecule has 0 amide bonds. The van der Waals surface area contributed by atoms with Gasteiger partial charge in [-0.1, -0.05) is 31.9 Å². The van der Waals surface area contributed by atoms with Gasteiger partial charge in [-0.3, -0.25) is 15.1 Å². The summed E-state index contributed by atoms with van der Waals surface area (Å²) in [5, 5.41) is 4.60. The van der Waals surface area contributed by atoms with E-state index in [1.54, 1.807) is 12.1 Å². The number of rotatable bonds is 9. The highest BCUT2D eigenvalue weighted by Gasteiger charge is 2.31. The highest BCUT2D eigenvalue weighted by atomic mass is 32.2. The molecule has 1 aromatic rings. The number of unbranched alkanes of at least 4 members (excludes halogenated alkanes) is 2. The SMILES string of the molecule is CCCCCN1CC(c2ccc(S(C)(=O)=O)cc2)NC(N(C)CC2CCCS2)C1. The first kappa shape index (κ1) is 23.1. The summed E-state index contributed by atoms with van der Waals surface area (Å²) in [6.45, 7) is 6.54. The number of nitrogens with zero attached hydrogens (tertiary/aromatic N) is 2. The molecule has 2 fully saturated rings. The van der Waals surface area contributed by atoms with Crippen molar-refractivity contribution in [3.8, 4) is 0 Å². The van der Waals surface area contributed by atoms with Crippen molar-refractivity contribution in [3.05, 3.63) is 29.8 Å². The van der Waals surface area contributed by atoms with Crippen molar-refractivity contribution >= 4 is 21.6 Å². The lowest BCUT2D eigenvalue weighted by Gasteiger charge is -2.43. The van der Waals surface area contributed by atoms with Gasteiger partial charge in [-0.15, -0.1) is 0 Å². The third kappa shape index (κ3) is 6.69. The van der Waals surface area contributed by atoms with E-state index >= 15 is 0 Å². The molecule has 3 rings (SSSR count). The van der Waals surface area contributed by atoms with Crippen LogP contribution in [-0.4, -0.2) is 74.9 Å². The first-order valence-corrected chi connectivity index (χ1v) is 13.9. The second-order valence-corrected chi connectivity index (χ2v) is 12.0. The largest absolute Gasteiger partial charge is 0.299 e. The maximum absolute atomic E-state index is 11.8. The Morgan fingerprint density at radius 2 is 1.97 bits per heavy atom. The fraction of sp³-hybridized carbons (Fsp3) is 0.727. The van der Waals surface area contributed by atoms with Crippen LogP contribution >= 0.6 is 11.8 Å². The van der Waals surface area contributed by atoms with E-state index < -0.39 is 9.84 Å². The van der Waals surface area contributed by atoms with Crippen LogP contribution in [0.15, 0.2) is 29.2 Å². The lowest BCUT2D eigenvalue weighted by Crippen LogP contribution is -2.59. The van der Waals surface area contributed by atoms with Crippen LogP contribution in [0.25, 0.3) is 0 Å². The molecular weight excluding hydrogens is 402 g/mol. The van der Waals surface area contributed by atoms with E-state index in [4.69, 9.17) is 0 Å². The van der Waals surface area contributed by atoms with Crippen molar-refractivity contribution in [1.29, 1.82) is 0 Å². The highest BCUT2D eigenvalue weighted by Crippen LogP contribution is 2.28. The molecular formula is C22H37N3O2S2. The molecule has 3 atom stereocenters. The Bertz CT molecular complexity index is 733. The number of hydrogen-bond donors (Lipinski definition) is 1. The third-order valence-corrected chi connectivity index (χ3v) is 8.61. The van der Waals surface area contributed by atoms with E-state index in [0.29, 0.717) is 11.1 Å². The monoisotopic (exact) mass is 439 g/mol. The van der Waals surface area contributed by atoms with Gasteiger partial charge in [0.1, 0.15) is 0 Å². The zero-order valence-electron chi connectivity index (χ0n) is 18.1. The van der Waals surface area contributed by atoms with Crippen LogP contribution in [-0.2, 0) is 9.84 Å². The molecule has 1 aromatic carbocycles. The average Bonchev–Trinajstić information content (AvgIpc) is 3.20. The van der Waals surface area contributed by atoms with Crippen LogP contribution in [0.1, 0.15) is 50.6 Å². The summed E-state index contributed by atoms with van der Waals surface area (Å²) < 4.78 is 23.6. The summed E-state index contributed by atoms with van der Waals surface area (Å²) in [4.78, 5) is 5.47. The smallest absolute Gasteiger partial charge is 0.175 e. The summed E-state index contributed by atoms with van der Waals surface area (Å²) in [7, 11) is -0.909. The van der Waals surface area contributed by atoms with Gasteiger partial charge in [0.25, 0.3) is 0 Å². The maximum atomic E-state index is 11.8. The van der Waals surface area contributed by atoms with Crippen molar-refractivity contribution in [2.75, 3.05) is 45.2 Å². The molecule has 1 N–H and O–H groups in total. The van der Waals surface area contributed by atoms with E-state index in [1.807, 2.05) is 12.1 Å². The number of thioether (sulfide) groups is 1. The van der Waals surface area contributed by atoms with Crippen molar-refractivity contribution in [2.45, 2.75) is 61.4 Å². The molecule has 164 valence electrons. The molecule has 0 spiro atoms. The molecule has 7 heteroatoms. The standard InChI is InChI=1S/C22H37N3O2S2/c1-4-5-6-13-25-16-21(18-9-11-20(12-10-18)29(3,26)27)23-22(17-25)24(2)15-19-8-7-14-28-19/h9-12,19,21-23H,4-8,13-17H2,1-3H3. The zero-order valence-corrected chi connectivity index (χ0v) is 19.8. The molecule has 0 aromatic heterocycles. The Morgan fingerprint density at radius 3 is 2.59 bits per heavy atom. The Labute approximate surface area is 181 Å². The lowest BCUT2D eigenvalue weighted by molar-refractivity contribution is 0.0741. The Balaban J connectivity index is 1.70. The molecule has 2 saturated heterocycles. The zero-order chi connectivity index (χ0) is 20.9. The Morgan fingerprint density at radius 1 is 1.21 bits per heavy atom. The van der Waals surface area contributed by atoms with Gasteiger partial charge in [-0.05, 0) is 56.3 Å². The minimum atomic E-state index is -3.16. The summed E-state index contributed by atoms with van der Waals surface area (Å²) in [6.07, 6.45) is 8.03. The summed E-state index contributed by atoms with van der Waals surface area (Å²) >= 11 is 2.11. The van der Waals surface area contributed by atoms with Crippen molar-refractivity contribution in [1.82, 2.24) is 15.1 Å². The lowest BCUT2D eigenvalue weighted by atomic mass is 10.0. The number of benzene rings is 1. The van der Waals surface area contributed by atoms with Crippen LogP contribution in [0.4, 0.5) is 0 Å². The summed E-state index contributed by atoms with van der Waals surface area (Å²) in [6, 6.07) is 7.68. The second-order valence-electron chi connectivity index (χ2n) is 8.62. The van der Waals surface area contributed by atoms with Crippen LogP contribution < -0.4 is 5.32 Å². The Kier molecular flexibility index (Phi) is 8.45. The van der Waals surface area contributed by atoms with Crippen molar-refractivity contribution in [2.24, 2.45) is 0 Å². The van der Waals surface area contributed by atoms with Gasteiger partial charge in [-0.2, -0.15) is 11.8 Å². The number of sulfone groups is 1. The Hall–Kier alpha value is -0.600. The predicted octanol–water partition coefficient (Wildman–Crippen LogP) is 3.38. The van der Waals surface area contributed by atoms with E-state index in [0.717, 1.165) is 31.4 Å². The van der Waals surface area contributed by atoms with Crippen LogP contribution in [0.2, 0.25) is 0 Å². The molecule has 0 bridgehead atoms. The number of nitrogens with one attached hydrogen (secondary N) is 1. The number of likely N-dealkylation sites (N-methyl/N-ethyl adjacent to an activating group) is 1. The minimum Gasteiger partial charge on any atom is -0.299 e. The molecule has 3 unspecified atom stereocenters. The van der Waals surface area contributed by atoms with Gasteiger partial charge in [-0.25, -0.2) is 8.42 Å². The quantitative estimate of drug-likeness (QED) is 0.596. The van der Waals surface area contributed by atoms with E-state index in [1.165, 1.54) is 49.7 Å². The van der Waals surface area contributed by atoms with Crippen LogP contribution in [0.5, 0.6) is 0 Å². The van der Waals surface area contributed by atoms with Gasteiger partial charge in [0, 0.05) is 37.2 Å². The molecule has 0 radical (unpaired) electrons. The maximum Gasteiger partial charge on any atom is 0.175 e. The normalized spacial score (nSPS) is 26.3. The molecule has 29 heavy (non-hydrogen) atoms. The molecule has 0 saturated carbocycles. The molecule has 5 nitrogen and oxygen atoms in total. The fourth-order valence-electron chi connectivity index (χ4n) is 4.34. The summed E-state index contributed by atoms with van der Waals surface area (Å²) in [5.41, 5.74) is 1.17. The highest BCUT2D eigenvalue weighted by molar-refractivity contribution is 8.00. The van der Waals surface area contributed by atoms with Gasteiger partial charge in [0.15, 0.2) is 9.84 Å². The first-order valence-electron chi connectivity index (χ1n) is 11.0. The van der Waals surface area contributed by atoms with E-state index in [2.05, 4.69) is 40.8 Å². The number of hydrogen-bond acceptors (Lipinski definition) is 6. The van der Waals surface area contributed by atoms with E-state index in [9.17, 15) is 8.42 Å². The fourth-order valence-corrected chi connectivity index (χ4v) is 6.31. The van der Waals surface area contributed by atoms with Crippen molar-refractivity contribution in [3.63, 3.8) is 0 Å².